The van der Waals surface area contributed by atoms with Crippen molar-refractivity contribution in [2.75, 3.05) is 6.54 Å². The van der Waals surface area contributed by atoms with Crippen LogP contribution in [-0.4, -0.2) is 36.6 Å². The number of nitrogens with zero attached hydrogens (tertiary/aromatic N) is 1. The molecule has 0 bridgehead atoms. The van der Waals surface area contributed by atoms with Gasteiger partial charge < -0.3 is 5.32 Å². The first-order valence-electron chi connectivity index (χ1n) is 6.54. The zero-order chi connectivity index (χ0) is 15.8. The van der Waals surface area contributed by atoms with Crippen molar-refractivity contribution >= 4 is 21.8 Å². The van der Waals surface area contributed by atoms with Gasteiger partial charge in [-0.3, -0.25) is 9.59 Å². The highest BCUT2D eigenvalue weighted by atomic mass is 32.2. The predicted molar refractivity (Wildman–Crippen MR) is 78.0 cm³/mol. The lowest BCUT2D eigenvalue weighted by Gasteiger charge is -2.29. The smallest absolute Gasteiger partial charge is 0.268 e. The zero-order valence-corrected chi connectivity index (χ0v) is 13.0. The van der Waals surface area contributed by atoms with Crippen molar-refractivity contribution in [3.05, 3.63) is 35.4 Å². The maximum Gasteiger partial charge on any atom is 0.268 e. The monoisotopic (exact) mass is 310 g/mol. The minimum absolute atomic E-state index is 0.266. The van der Waals surface area contributed by atoms with Crippen LogP contribution >= 0.6 is 0 Å². The molecule has 1 aromatic carbocycles. The van der Waals surface area contributed by atoms with Gasteiger partial charge in [0.1, 0.15) is 6.54 Å². The molecule has 6 nitrogen and oxygen atoms in total. The molecule has 21 heavy (non-hydrogen) atoms. The van der Waals surface area contributed by atoms with Crippen molar-refractivity contribution in [1.82, 2.24) is 9.62 Å². The summed E-state index contributed by atoms with van der Waals surface area (Å²) in [4.78, 5) is 24.2. The SMILES string of the molecule is CC(C)(C)NC(=O)CN1C(=O)c2ccccc2CS1(=O)=O. The van der Waals surface area contributed by atoms with E-state index in [0.29, 0.717) is 15.4 Å². The van der Waals surface area contributed by atoms with E-state index in [2.05, 4.69) is 5.32 Å². The molecule has 0 saturated heterocycles. The van der Waals surface area contributed by atoms with Gasteiger partial charge in [0.05, 0.1) is 5.75 Å². The average Bonchev–Trinajstić information content (AvgIpc) is 2.32. The first-order valence-corrected chi connectivity index (χ1v) is 8.15. The van der Waals surface area contributed by atoms with E-state index in [9.17, 15) is 18.0 Å². The van der Waals surface area contributed by atoms with Crippen LogP contribution in [0.1, 0.15) is 36.7 Å². The van der Waals surface area contributed by atoms with Gasteiger partial charge in [0.25, 0.3) is 5.91 Å². The molecule has 1 aliphatic rings. The van der Waals surface area contributed by atoms with Gasteiger partial charge in [0, 0.05) is 11.1 Å². The fourth-order valence-corrected chi connectivity index (χ4v) is 3.61. The molecule has 0 unspecified atom stereocenters. The molecule has 0 aromatic heterocycles. The number of hydrogen-bond donors (Lipinski definition) is 1. The second kappa shape index (κ2) is 5.14. The molecule has 2 rings (SSSR count). The molecule has 0 aliphatic carbocycles. The van der Waals surface area contributed by atoms with Gasteiger partial charge in [0.15, 0.2) is 0 Å². The minimum Gasteiger partial charge on any atom is -0.350 e. The van der Waals surface area contributed by atoms with Crippen LogP contribution in [0.3, 0.4) is 0 Å². The quantitative estimate of drug-likeness (QED) is 0.879. The third-order valence-electron chi connectivity index (χ3n) is 2.95. The molecule has 1 N–H and O–H groups in total. The summed E-state index contributed by atoms with van der Waals surface area (Å²) in [5.41, 5.74) is 0.309. The number of nitrogens with one attached hydrogen (secondary N) is 1. The summed E-state index contributed by atoms with van der Waals surface area (Å²) in [6.45, 7) is 4.86. The standard InChI is InChI=1S/C14H18N2O4S/c1-14(2,3)15-12(17)8-16-13(18)11-7-5-4-6-10(11)9-21(16,19)20/h4-7H,8-9H2,1-3H3,(H,15,17). The molecule has 1 aliphatic heterocycles. The van der Waals surface area contributed by atoms with Crippen molar-refractivity contribution in [3.8, 4) is 0 Å². The largest absolute Gasteiger partial charge is 0.350 e. The molecule has 2 amide bonds. The van der Waals surface area contributed by atoms with E-state index in [4.69, 9.17) is 0 Å². The molecule has 0 saturated carbocycles. The lowest BCUT2D eigenvalue weighted by Crippen LogP contribution is -2.50. The molecule has 0 spiro atoms. The average molecular weight is 310 g/mol. The highest BCUT2D eigenvalue weighted by Crippen LogP contribution is 2.24. The molecule has 1 heterocycles. The van der Waals surface area contributed by atoms with Crippen molar-refractivity contribution in [2.45, 2.75) is 32.1 Å². The van der Waals surface area contributed by atoms with E-state index in [0.717, 1.165) is 0 Å². The molecule has 0 radical (unpaired) electrons. The Morgan fingerprint density at radius 1 is 1.29 bits per heavy atom. The van der Waals surface area contributed by atoms with E-state index in [1.54, 1.807) is 45.0 Å². The Balaban J connectivity index is 2.28. The van der Waals surface area contributed by atoms with Crippen LogP contribution in [-0.2, 0) is 20.6 Å². The van der Waals surface area contributed by atoms with Crippen LogP contribution in [0.4, 0.5) is 0 Å². The van der Waals surface area contributed by atoms with Crippen LogP contribution in [0, 0.1) is 0 Å². The lowest BCUT2D eigenvalue weighted by molar-refractivity contribution is -0.122. The normalized spacial score (nSPS) is 17.3. The van der Waals surface area contributed by atoms with Gasteiger partial charge in [-0.1, -0.05) is 18.2 Å². The Hall–Kier alpha value is -1.89. The summed E-state index contributed by atoms with van der Waals surface area (Å²) < 4.78 is 25.0. The van der Waals surface area contributed by atoms with Gasteiger partial charge in [-0.05, 0) is 32.4 Å². The van der Waals surface area contributed by atoms with Crippen molar-refractivity contribution in [2.24, 2.45) is 0 Å². The number of hydrogen-bond acceptors (Lipinski definition) is 4. The number of carbonyl (C=O) groups is 2. The Bertz CT molecular complexity index is 689. The fraction of sp³-hybridized carbons (Fsp3) is 0.429. The number of amides is 2. The van der Waals surface area contributed by atoms with Crippen LogP contribution < -0.4 is 5.32 Å². The van der Waals surface area contributed by atoms with Crippen LogP contribution in [0.25, 0.3) is 0 Å². The number of fused-ring (bicyclic) bond motifs is 1. The summed E-state index contributed by atoms with van der Waals surface area (Å²) in [6.07, 6.45) is 0. The zero-order valence-electron chi connectivity index (χ0n) is 12.2. The van der Waals surface area contributed by atoms with Crippen LogP contribution in [0.15, 0.2) is 24.3 Å². The Labute approximate surface area is 124 Å². The Kier molecular flexibility index (Phi) is 3.79. The van der Waals surface area contributed by atoms with Crippen molar-refractivity contribution < 1.29 is 18.0 Å². The van der Waals surface area contributed by atoms with E-state index < -0.39 is 33.9 Å². The summed E-state index contributed by atoms with van der Waals surface area (Å²) in [5.74, 6) is -1.42. The molecule has 114 valence electrons. The first kappa shape index (κ1) is 15.5. The molecule has 1 aromatic rings. The molecular formula is C14H18N2O4S. The Morgan fingerprint density at radius 3 is 2.52 bits per heavy atom. The number of rotatable bonds is 2. The summed E-state index contributed by atoms with van der Waals surface area (Å²) in [6, 6.07) is 6.53. The first-order chi connectivity index (χ1) is 9.60. The van der Waals surface area contributed by atoms with Crippen molar-refractivity contribution in [1.29, 1.82) is 0 Å². The maximum absolute atomic E-state index is 12.3. The van der Waals surface area contributed by atoms with Crippen molar-refractivity contribution in [3.63, 3.8) is 0 Å². The summed E-state index contributed by atoms with van der Waals surface area (Å²) in [7, 11) is -3.81. The molecule has 7 heteroatoms. The molecular weight excluding hydrogens is 292 g/mol. The number of carbonyl (C=O) groups excluding carboxylic acids is 2. The number of benzene rings is 1. The van der Waals surface area contributed by atoms with E-state index in [-0.39, 0.29) is 5.75 Å². The van der Waals surface area contributed by atoms with Gasteiger partial charge in [-0.15, -0.1) is 0 Å². The fourth-order valence-electron chi connectivity index (χ4n) is 2.15. The molecule has 0 fully saturated rings. The van der Waals surface area contributed by atoms with Gasteiger partial charge in [-0.2, -0.15) is 0 Å². The third kappa shape index (κ3) is 3.41. The predicted octanol–water partition coefficient (Wildman–Crippen LogP) is 0.887. The molecule has 0 atom stereocenters. The summed E-state index contributed by atoms with van der Waals surface area (Å²) in [5, 5.41) is 2.65. The van der Waals surface area contributed by atoms with E-state index >= 15 is 0 Å². The minimum atomic E-state index is -3.81. The summed E-state index contributed by atoms with van der Waals surface area (Å²) >= 11 is 0. The van der Waals surface area contributed by atoms with Crippen LogP contribution in [0.2, 0.25) is 0 Å². The number of sulfonamides is 1. The van der Waals surface area contributed by atoms with Crippen LogP contribution in [0.5, 0.6) is 0 Å². The highest BCUT2D eigenvalue weighted by Gasteiger charge is 2.37. The highest BCUT2D eigenvalue weighted by molar-refractivity contribution is 7.89. The van der Waals surface area contributed by atoms with Gasteiger partial charge in [-0.25, -0.2) is 12.7 Å². The second-order valence-corrected chi connectivity index (χ2v) is 7.92. The lowest BCUT2D eigenvalue weighted by atomic mass is 10.1. The van der Waals surface area contributed by atoms with Gasteiger partial charge >= 0.3 is 0 Å². The van der Waals surface area contributed by atoms with Gasteiger partial charge in [0.2, 0.25) is 15.9 Å². The third-order valence-corrected chi connectivity index (χ3v) is 4.59. The Morgan fingerprint density at radius 2 is 1.90 bits per heavy atom. The second-order valence-electron chi connectivity index (χ2n) is 6.02. The topological polar surface area (TPSA) is 83.6 Å². The van der Waals surface area contributed by atoms with E-state index in [1.807, 2.05) is 0 Å². The maximum atomic E-state index is 12.3. The van der Waals surface area contributed by atoms with E-state index in [1.165, 1.54) is 0 Å².